The minimum atomic E-state index is -0.0238. The van der Waals surface area contributed by atoms with Crippen LogP contribution in [-0.2, 0) is 6.54 Å². The van der Waals surface area contributed by atoms with E-state index in [4.69, 9.17) is 14.6 Å². The molecule has 0 unspecified atom stereocenters. The van der Waals surface area contributed by atoms with Gasteiger partial charge in [-0.15, -0.1) is 0 Å². The van der Waals surface area contributed by atoms with Crippen LogP contribution in [0.1, 0.15) is 11.1 Å². The third kappa shape index (κ3) is 4.13. The first-order valence-electron chi connectivity index (χ1n) is 6.94. The molecule has 0 aromatic heterocycles. The van der Waals surface area contributed by atoms with Crippen LogP contribution in [0.2, 0.25) is 0 Å². The van der Waals surface area contributed by atoms with Crippen LogP contribution < -0.4 is 14.8 Å². The molecule has 0 aliphatic rings. The molecule has 0 atom stereocenters. The van der Waals surface area contributed by atoms with Gasteiger partial charge < -0.3 is 19.9 Å². The first-order valence-corrected chi connectivity index (χ1v) is 6.94. The van der Waals surface area contributed by atoms with Gasteiger partial charge in [0, 0.05) is 18.3 Å². The van der Waals surface area contributed by atoms with E-state index >= 15 is 0 Å². The van der Waals surface area contributed by atoms with Crippen LogP contribution in [0.5, 0.6) is 11.5 Å². The molecule has 112 valence electrons. The predicted octanol–water partition coefficient (Wildman–Crippen LogP) is 2.99. The van der Waals surface area contributed by atoms with E-state index in [1.165, 1.54) is 11.1 Å². The summed E-state index contributed by atoms with van der Waals surface area (Å²) in [6.07, 6.45) is 0. The zero-order valence-electron chi connectivity index (χ0n) is 12.4. The maximum absolute atomic E-state index is 8.86. The van der Waals surface area contributed by atoms with Crippen LogP contribution in [-0.4, -0.2) is 25.4 Å². The van der Waals surface area contributed by atoms with Gasteiger partial charge in [-0.1, -0.05) is 24.3 Å². The number of aliphatic hydroxyl groups excluding tert-OH is 1. The lowest BCUT2D eigenvalue weighted by Crippen LogP contribution is -2.05. The normalized spacial score (nSPS) is 10.2. The Bertz CT molecular complexity index is 584. The van der Waals surface area contributed by atoms with E-state index in [1.807, 2.05) is 30.3 Å². The van der Waals surface area contributed by atoms with Crippen LogP contribution in [0.15, 0.2) is 42.5 Å². The SMILES string of the molecule is COc1ccc(NCc2ccccc2C)cc1OCCO. The lowest BCUT2D eigenvalue weighted by molar-refractivity contribution is 0.196. The molecule has 4 heteroatoms. The zero-order valence-corrected chi connectivity index (χ0v) is 12.4. The van der Waals surface area contributed by atoms with Crippen molar-refractivity contribution in [2.75, 3.05) is 25.6 Å². The van der Waals surface area contributed by atoms with Crippen molar-refractivity contribution in [1.82, 2.24) is 0 Å². The molecule has 0 saturated carbocycles. The minimum absolute atomic E-state index is 0.0238. The Hall–Kier alpha value is -2.20. The van der Waals surface area contributed by atoms with Gasteiger partial charge in [-0.25, -0.2) is 0 Å². The minimum Gasteiger partial charge on any atom is -0.493 e. The molecular formula is C17H21NO3. The molecule has 0 bridgehead atoms. The summed E-state index contributed by atoms with van der Waals surface area (Å²) in [6, 6.07) is 14.0. The Morgan fingerprint density at radius 2 is 1.90 bits per heavy atom. The second kappa shape index (κ2) is 7.55. The summed E-state index contributed by atoms with van der Waals surface area (Å²) in [5.41, 5.74) is 3.47. The van der Waals surface area contributed by atoms with Gasteiger partial charge in [0.2, 0.25) is 0 Å². The second-order valence-corrected chi connectivity index (χ2v) is 4.72. The highest BCUT2D eigenvalue weighted by atomic mass is 16.5. The standard InChI is InChI=1S/C17H21NO3/c1-13-5-3-4-6-14(13)12-18-15-7-8-16(20-2)17(11-15)21-10-9-19/h3-8,11,18-19H,9-10,12H2,1-2H3. The van der Waals surface area contributed by atoms with Crippen LogP contribution in [0.3, 0.4) is 0 Å². The number of benzene rings is 2. The number of ether oxygens (including phenoxy) is 2. The first kappa shape index (κ1) is 15.2. The number of anilines is 1. The molecule has 0 radical (unpaired) electrons. The first-order chi connectivity index (χ1) is 10.2. The highest BCUT2D eigenvalue weighted by molar-refractivity contribution is 5.55. The van der Waals surface area contributed by atoms with Crippen LogP contribution in [0.25, 0.3) is 0 Å². The molecule has 2 rings (SSSR count). The van der Waals surface area contributed by atoms with Gasteiger partial charge >= 0.3 is 0 Å². The lowest BCUT2D eigenvalue weighted by atomic mass is 10.1. The Labute approximate surface area is 125 Å². The molecule has 0 aliphatic heterocycles. The van der Waals surface area contributed by atoms with E-state index in [0.29, 0.717) is 11.5 Å². The van der Waals surface area contributed by atoms with Crippen molar-refractivity contribution in [1.29, 1.82) is 0 Å². The van der Waals surface area contributed by atoms with Gasteiger partial charge in [-0.05, 0) is 30.2 Å². The van der Waals surface area contributed by atoms with Gasteiger partial charge in [0.15, 0.2) is 11.5 Å². The molecular weight excluding hydrogens is 266 g/mol. The molecule has 0 spiro atoms. The van der Waals surface area contributed by atoms with E-state index in [9.17, 15) is 0 Å². The van der Waals surface area contributed by atoms with Crippen molar-refractivity contribution in [3.8, 4) is 11.5 Å². The third-order valence-electron chi connectivity index (χ3n) is 3.26. The second-order valence-electron chi connectivity index (χ2n) is 4.72. The average Bonchev–Trinajstić information content (AvgIpc) is 2.52. The topological polar surface area (TPSA) is 50.7 Å². The van der Waals surface area contributed by atoms with E-state index in [1.54, 1.807) is 7.11 Å². The highest BCUT2D eigenvalue weighted by Crippen LogP contribution is 2.30. The number of hydrogen-bond acceptors (Lipinski definition) is 4. The number of hydrogen-bond donors (Lipinski definition) is 2. The summed E-state index contributed by atoms with van der Waals surface area (Å²) in [4.78, 5) is 0. The molecule has 0 aliphatic carbocycles. The van der Waals surface area contributed by atoms with Crippen molar-refractivity contribution >= 4 is 5.69 Å². The van der Waals surface area contributed by atoms with Gasteiger partial charge in [0.25, 0.3) is 0 Å². The quantitative estimate of drug-likeness (QED) is 0.822. The molecule has 4 nitrogen and oxygen atoms in total. The van der Waals surface area contributed by atoms with Gasteiger partial charge in [-0.2, -0.15) is 0 Å². The number of rotatable bonds is 7. The molecule has 21 heavy (non-hydrogen) atoms. The summed E-state index contributed by atoms with van der Waals surface area (Å²) in [6.45, 7) is 3.07. The van der Waals surface area contributed by atoms with Gasteiger partial charge in [0.1, 0.15) is 6.61 Å². The van der Waals surface area contributed by atoms with Gasteiger partial charge in [0.05, 0.1) is 13.7 Å². The van der Waals surface area contributed by atoms with E-state index in [0.717, 1.165) is 12.2 Å². The highest BCUT2D eigenvalue weighted by Gasteiger charge is 2.06. The fourth-order valence-corrected chi connectivity index (χ4v) is 2.06. The summed E-state index contributed by atoms with van der Waals surface area (Å²) >= 11 is 0. The number of methoxy groups -OCH3 is 1. The summed E-state index contributed by atoms with van der Waals surface area (Å²) in [7, 11) is 1.60. The van der Waals surface area contributed by atoms with Gasteiger partial charge in [-0.3, -0.25) is 0 Å². The third-order valence-corrected chi connectivity index (χ3v) is 3.26. The Morgan fingerprint density at radius 1 is 1.10 bits per heavy atom. The fourth-order valence-electron chi connectivity index (χ4n) is 2.06. The Balaban J connectivity index is 2.08. The Kier molecular flexibility index (Phi) is 5.46. The number of nitrogens with one attached hydrogen (secondary N) is 1. The van der Waals surface area contributed by atoms with Crippen LogP contribution in [0.4, 0.5) is 5.69 Å². The number of aliphatic hydroxyl groups is 1. The van der Waals surface area contributed by atoms with Crippen molar-refractivity contribution in [3.63, 3.8) is 0 Å². The summed E-state index contributed by atoms with van der Waals surface area (Å²) < 4.78 is 10.7. The van der Waals surface area contributed by atoms with E-state index < -0.39 is 0 Å². The average molecular weight is 287 g/mol. The van der Waals surface area contributed by atoms with Crippen molar-refractivity contribution in [2.24, 2.45) is 0 Å². The molecule has 0 heterocycles. The molecule has 2 aromatic carbocycles. The largest absolute Gasteiger partial charge is 0.493 e. The monoisotopic (exact) mass is 287 g/mol. The Morgan fingerprint density at radius 3 is 2.62 bits per heavy atom. The summed E-state index contributed by atoms with van der Waals surface area (Å²) in [5, 5.41) is 12.2. The fraction of sp³-hybridized carbons (Fsp3) is 0.294. The van der Waals surface area contributed by atoms with E-state index in [-0.39, 0.29) is 13.2 Å². The van der Waals surface area contributed by atoms with Crippen molar-refractivity contribution in [3.05, 3.63) is 53.6 Å². The summed E-state index contributed by atoms with van der Waals surface area (Å²) in [5.74, 6) is 1.28. The molecule has 2 aromatic rings. The maximum Gasteiger partial charge on any atom is 0.163 e. The maximum atomic E-state index is 8.86. The number of aryl methyl sites for hydroxylation is 1. The molecule has 2 N–H and O–H groups in total. The predicted molar refractivity (Wildman–Crippen MR) is 84.1 cm³/mol. The van der Waals surface area contributed by atoms with Crippen molar-refractivity contribution in [2.45, 2.75) is 13.5 Å². The van der Waals surface area contributed by atoms with Crippen LogP contribution in [0, 0.1) is 6.92 Å². The van der Waals surface area contributed by atoms with Crippen molar-refractivity contribution < 1.29 is 14.6 Å². The van der Waals surface area contributed by atoms with Crippen LogP contribution >= 0.6 is 0 Å². The molecule has 0 fully saturated rings. The molecule has 0 saturated heterocycles. The van der Waals surface area contributed by atoms with E-state index in [2.05, 4.69) is 24.4 Å². The lowest BCUT2D eigenvalue weighted by Gasteiger charge is -2.13. The molecule has 0 amide bonds. The zero-order chi connectivity index (χ0) is 15.1. The smallest absolute Gasteiger partial charge is 0.163 e.